The van der Waals surface area contributed by atoms with Gasteiger partial charge in [-0.15, -0.1) is 0 Å². The number of hydrogen-bond acceptors (Lipinski definition) is 5. The van der Waals surface area contributed by atoms with Crippen LogP contribution in [0.5, 0.6) is 0 Å². The highest BCUT2D eigenvalue weighted by atomic mass is 15.3. The zero-order chi connectivity index (χ0) is 15.5. The van der Waals surface area contributed by atoms with Gasteiger partial charge in [-0.2, -0.15) is 0 Å². The molecule has 0 radical (unpaired) electrons. The van der Waals surface area contributed by atoms with Crippen LogP contribution in [0.2, 0.25) is 0 Å². The summed E-state index contributed by atoms with van der Waals surface area (Å²) in [5.41, 5.74) is 3.04. The van der Waals surface area contributed by atoms with Crippen molar-refractivity contribution in [2.75, 3.05) is 31.1 Å². The van der Waals surface area contributed by atoms with Crippen molar-refractivity contribution in [3.05, 3.63) is 48.5 Å². The van der Waals surface area contributed by atoms with E-state index in [4.69, 9.17) is 0 Å². The lowest BCUT2D eigenvalue weighted by molar-refractivity contribution is 0.285. The van der Waals surface area contributed by atoms with Crippen LogP contribution in [0, 0.1) is 0 Å². The monoisotopic (exact) mass is 308 g/mol. The Balaban J connectivity index is 1.48. The highest BCUT2D eigenvalue weighted by Gasteiger charge is 2.18. The third kappa shape index (κ3) is 3.03. The average molecular weight is 308 g/mol. The number of imidazole rings is 1. The van der Waals surface area contributed by atoms with Crippen LogP contribution in [0.1, 0.15) is 12.0 Å². The van der Waals surface area contributed by atoms with Crippen LogP contribution in [-0.2, 0) is 6.54 Å². The Morgan fingerprint density at radius 3 is 2.78 bits per heavy atom. The van der Waals surface area contributed by atoms with Gasteiger partial charge in [0.05, 0.1) is 6.33 Å². The molecule has 6 nitrogen and oxygen atoms in total. The van der Waals surface area contributed by atoms with E-state index < -0.39 is 0 Å². The molecule has 1 fully saturated rings. The summed E-state index contributed by atoms with van der Waals surface area (Å²) >= 11 is 0. The van der Waals surface area contributed by atoms with E-state index in [9.17, 15) is 0 Å². The van der Waals surface area contributed by atoms with Crippen molar-refractivity contribution in [2.24, 2.45) is 0 Å². The van der Waals surface area contributed by atoms with Crippen LogP contribution in [0.3, 0.4) is 0 Å². The highest BCUT2D eigenvalue weighted by molar-refractivity contribution is 5.82. The summed E-state index contributed by atoms with van der Waals surface area (Å²) < 4.78 is 0. The molecule has 0 amide bonds. The maximum Gasteiger partial charge on any atom is 0.182 e. The predicted molar refractivity (Wildman–Crippen MR) is 90.2 cm³/mol. The van der Waals surface area contributed by atoms with E-state index in [1.165, 1.54) is 5.56 Å². The first kappa shape index (κ1) is 14.1. The van der Waals surface area contributed by atoms with Crippen LogP contribution < -0.4 is 4.90 Å². The summed E-state index contributed by atoms with van der Waals surface area (Å²) in [4.78, 5) is 20.9. The fourth-order valence-corrected chi connectivity index (χ4v) is 3.17. The molecule has 2 aromatic heterocycles. The van der Waals surface area contributed by atoms with Crippen molar-refractivity contribution in [1.82, 2.24) is 24.8 Å². The quantitative estimate of drug-likeness (QED) is 0.802. The molecule has 1 aliphatic heterocycles. The number of fused-ring (bicyclic) bond motifs is 1. The van der Waals surface area contributed by atoms with Crippen molar-refractivity contribution >= 4 is 17.0 Å². The first-order valence-electron chi connectivity index (χ1n) is 8.05. The lowest BCUT2D eigenvalue weighted by Crippen LogP contribution is -2.31. The number of hydrogen-bond donors (Lipinski definition) is 1. The average Bonchev–Trinajstić information content (AvgIpc) is 2.96. The minimum Gasteiger partial charge on any atom is -0.353 e. The predicted octanol–water partition coefficient (Wildman–Crippen LogP) is 2.07. The molecule has 0 aliphatic carbocycles. The number of nitrogens with zero attached hydrogens (tertiary/aromatic N) is 5. The number of benzene rings is 1. The van der Waals surface area contributed by atoms with Crippen molar-refractivity contribution < 1.29 is 0 Å². The largest absolute Gasteiger partial charge is 0.353 e. The van der Waals surface area contributed by atoms with Crippen LogP contribution >= 0.6 is 0 Å². The van der Waals surface area contributed by atoms with E-state index in [0.29, 0.717) is 0 Å². The minimum atomic E-state index is 0.736. The van der Waals surface area contributed by atoms with Gasteiger partial charge in [0.2, 0.25) is 0 Å². The lowest BCUT2D eigenvalue weighted by atomic mass is 10.2. The van der Waals surface area contributed by atoms with Crippen molar-refractivity contribution in [3.8, 4) is 0 Å². The zero-order valence-corrected chi connectivity index (χ0v) is 13.0. The molecule has 0 atom stereocenters. The molecule has 0 bridgehead atoms. The second kappa shape index (κ2) is 6.34. The van der Waals surface area contributed by atoms with Crippen molar-refractivity contribution in [3.63, 3.8) is 0 Å². The Labute approximate surface area is 135 Å². The van der Waals surface area contributed by atoms with Gasteiger partial charge >= 0.3 is 0 Å². The van der Waals surface area contributed by atoms with Crippen molar-refractivity contribution in [2.45, 2.75) is 13.0 Å². The first-order chi connectivity index (χ1) is 11.4. The summed E-state index contributed by atoms with van der Waals surface area (Å²) in [6, 6.07) is 10.7. The number of aromatic nitrogens is 4. The van der Waals surface area contributed by atoms with E-state index >= 15 is 0 Å². The fourth-order valence-electron chi connectivity index (χ4n) is 3.17. The molecular formula is C17H20N6. The number of nitrogens with one attached hydrogen (secondary N) is 1. The lowest BCUT2D eigenvalue weighted by Gasteiger charge is -2.22. The van der Waals surface area contributed by atoms with Crippen LogP contribution in [0.15, 0.2) is 43.0 Å². The Hall–Kier alpha value is -2.47. The maximum absolute atomic E-state index is 4.48. The molecule has 1 aliphatic rings. The minimum absolute atomic E-state index is 0.736. The molecule has 1 saturated heterocycles. The summed E-state index contributed by atoms with van der Waals surface area (Å²) in [5.74, 6) is 0.967. The first-order valence-corrected chi connectivity index (χ1v) is 8.05. The molecular weight excluding hydrogens is 288 g/mol. The standard InChI is InChI=1S/C17H20N6/c1-2-5-14(6-3-1)11-22-7-4-8-23(10-9-22)17-15-16(19-12-18-15)20-13-21-17/h1-3,5-6,12-13H,4,7-11H2,(H,18,19,20,21). The zero-order valence-electron chi connectivity index (χ0n) is 13.0. The van der Waals surface area contributed by atoms with E-state index in [-0.39, 0.29) is 0 Å². The van der Waals surface area contributed by atoms with Gasteiger partial charge in [-0.3, -0.25) is 4.90 Å². The molecule has 3 aromatic rings. The van der Waals surface area contributed by atoms with E-state index in [0.717, 1.165) is 56.1 Å². The summed E-state index contributed by atoms with van der Waals surface area (Å²) in [7, 11) is 0. The molecule has 4 rings (SSSR count). The Kier molecular flexibility index (Phi) is 3.90. The molecule has 3 heterocycles. The molecule has 0 unspecified atom stereocenters. The highest BCUT2D eigenvalue weighted by Crippen LogP contribution is 2.21. The van der Waals surface area contributed by atoms with Crippen LogP contribution in [0.4, 0.5) is 5.82 Å². The van der Waals surface area contributed by atoms with Gasteiger partial charge in [-0.1, -0.05) is 30.3 Å². The van der Waals surface area contributed by atoms with Gasteiger partial charge in [-0.05, 0) is 12.0 Å². The van der Waals surface area contributed by atoms with Gasteiger partial charge in [0.25, 0.3) is 0 Å². The molecule has 0 saturated carbocycles. The smallest absolute Gasteiger partial charge is 0.182 e. The normalized spacial score (nSPS) is 16.6. The molecule has 23 heavy (non-hydrogen) atoms. The number of H-pyrrole nitrogens is 1. The van der Waals surface area contributed by atoms with Gasteiger partial charge in [-0.25, -0.2) is 15.0 Å². The van der Waals surface area contributed by atoms with Gasteiger partial charge in [0.15, 0.2) is 11.5 Å². The van der Waals surface area contributed by atoms with Crippen LogP contribution in [0.25, 0.3) is 11.2 Å². The number of rotatable bonds is 3. The van der Waals surface area contributed by atoms with Gasteiger partial charge in [0.1, 0.15) is 11.8 Å². The maximum atomic E-state index is 4.48. The topological polar surface area (TPSA) is 60.9 Å². The van der Waals surface area contributed by atoms with E-state index in [1.54, 1.807) is 12.7 Å². The fraction of sp³-hybridized carbons (Fsp3) is 0.353. The summed E-state index contributed by atoms with van der Waals surface area (Å²) in [5, 5.41) is 0. The van der Waals surface area contributed by atoms with E-state index in [2.05, 4.69) is 60.1 Å². The van der Waals surface area contributed by atoms with Gasteiger partial charge in [0, 0.05) is 32.7 Å². The van der Waals surface area contributed by atoms with Crippen molar-refractivity contribution in [1.29, 1.82) is 0 Å². The third-order valence-electron chi connectivity index (χ3n) is 4.34. The third-order valence-corrected chi connectivity index (χ3v) is 4.34. The SMILES string of the molecule is c1ccc(CN2CCCN(c3ncnc4nc[nH]c34)CC2)cc1. The Morgan fingerprint density at radius 2 is 1.87 bits per heavy atom. The molecule has 6 heteroatoms. The second-order valence-corrected chi connectivity index (χ2v) is 5.90. The molecule has 0 spiro atoms. The Morgan fingerprint density at radius 1 is 0.957 bits per heavy atom. The summed E-state index contributed by atoms with van der Waals surface area (Å²) in [6.45, 7) is 5.14. The summed E-state index contributed by atoms with van der Waals surface area (Å²) in [6.07, 6.45) is 4.42. The van der Waals surface area contributed by atoms with Crippen LogP contribution in [-0.4, -0.2) is 51.0 Å². The molecule has 1 N–H and O–H groups in total. The number of aromatic amines is 1. The molecule has 1 aromatic carbocycles. The van der Waals surface area contributed by atoms with Gasteiger partial charge < -0.3 is 9.88 Å². The Bertz CT molecular complexity index is 769. The second-order valence-electron chi connectivity index (χ2n) is 5.90. The van der Waals surface area contributed by atoms with E-state index in [1.807, 2.05) is 0 Å². The molecule has 118 valence electrons. The number of anilines is 1.